The fraction of sp³-hybridized carbons (Fsp3) is 0.263. The summed E-state index contributed by atoms with van der Waals surface area (Å²) in [7, 11) is 0. The predicted molar refractivity (Wildman–Crippen MR) is 95.7 cm³/mol. The molecule has 2 amide bonds. The number of aliphatic hydroxyl groups is 1. The van der Waals surface area contributed by atoms with Crippen LogP contribution < -0.4 is 10.6 Å². The van der Waals surface area contributed by atoms with Gasteiger partial charge < -0.3 is 20.2 Å². The molecule has 0 bridgehead atoms. The molecule has 0 radical (unpaired) electrons. The Labute approximate surface area is 146 Å². The van der Waals surface area contributed by atoms with Crippen LogP contribution in [-0.4, -0.2) is 23.0 Å². The van der Waals surface area contributed by atoms with Crippen molar-refractivity contribution in [1.82, 2.24) is 5.32 Å². The van der Waals surface area contributed by atoms with E-state index in [2.05, 4.69) is 10.6 Å². The first kappa shape index (κ1) is 18.5. The van der Waals surface area contributed by atoms with Gasteiger partial charge in [-0.2, -0.15) is 0 Å². The van der Waals surface area contributed by atoms with Gasteiger partial charge in [-0.3, -0.25) is 9.59 Å². The molecule has 6 nitrogen and oxygen atoms in total. The van der Waals surface area contributed by atoms with Crippen molar-refractivity contribution in [2.75, 3.05) is 5.32 Å². The monoisotopic (exact) mass is 342 g/mol. The van der Waals surface area contributed by atoms with Crippen LogP contribution in [-0.2, 0) is 9.59 Å². The Morgan fingerprint density at radius 2 is 1.96 bits per heavy atom. The van der Waals surface area contributed by atoms with Gasteiger partial charge >= 0.3 is 0 Å². The van der Waals surface area contributed by atoms with Gasteiger partial charge in [0.1, 0.15) is 11.9 Å². The largest absolute Gasteiger partial charge is 0.467 e. The van der Waals surface area contributed by atoms with E-state index in [1.165, 1.54) is 19.3 Å². The third-order valence-electron chi connectivity index (χ3n) is 3.50. The maximum Gasteiger partial charge on any atom is 0.244 e. The molecule has 3 N–H and O–H groups in total. The highest BCUT2D eigenvalue weighted by Gasteiger charge is 2.15. The Kier molecular flexibility index (Phi) is 6.54. The van der Waals surface area contributed by atoms with Crippen molar-refractivity contribution < 1.29 is 19.1 Å². The summed E-state index contributed by atoms with van der Waals surface area (Å²) >= 11 is 0. The van der Waals surface area contributed by atoms with Crippen LogP contribution in [0, 0.1) is 0 Å². The Hall–Kier alpha value is -2.86. The molecule has 2 aromatic rings. The summed E-state index contributed by atoms with van der Waals surface area (Å²) in [5.41, 5.74) is 1.54. The van der Waals surface area contributed by atoms with Crippen LogP contribution in [0.1, 0.15) is 37.7 Å². The van der Waals surface area contributed by atoms with Gasteiger partial charge in [-0.15, -0.1) is 0 Å². The van der Waals surface area contributed by atoms with Crippen LogP contribution in [0.4, 0.5) is 5.69 Å². The number of hydrogen-bond acceptors (Lipinski definition) is 4. The number of carbonyl (C=O) groups is 2. The molecule has 1 aromatic heterocycles. The van der Waals surface area contributed by atoms with E-state index < -0.39 is 6.10 Å². The lowest BCUT2D eigenvalue weighted by molar-refractivity contribution is -0.117. The van der Waals surface area contributed by atoms with Crippen LogP contribution in [0.2, 0.25) is 0 Å². The molecule has 0 spiro atoms. The van der Waals surface area contributed by atoms with Gasteiger partial charge in [-0.1, -0.05) is 12.1 Å². The summed E-state index contributed by atoms with van der Waals surface area (Å²) in [4.78, 5) is 22.9. The SMILES string of the molecule is CC(=O)Nc1ccc(/C=C/C(=O)NC(C)CC(O)c2ccco2)cc1. The summed E-state index contributed by atoms with van der Waals surface area (Å²) < 4.78 is 5.14. The van der Waals surface area contributed by atoms with E-state index in [0.717, 1.165) is 5.56 Å². The highest BCUT2D eigenvalue weighted by molar-refractivity contribution is 5.92. The van der Waals surface area contributed by atoms with E-state index >= 15 is 0 Å². The van der Waals surface area contributed by atoms with E-state index in [4.69, 9.17) is 4.42 Å². The van der Waals surface area contributed by atoms with Crippen molar-refractivity contribution in [3.05, 3.63) is 60.1 Å². The number of rotatable bonds is 7. The molecule has 2 rings (SSSR count). The topological polar surface area (TPSA) is 91.6 Å². The highest BCUT2D eigenvalue weighted by atomic mass is 16.4. The minimum Gasteiger partial charge on any atom is -0.467 e. The number of amides is 2. The quantitative estimate of drug-likeness (QED) is 0.675. The van der Waals surface area contributed by atoms with E-state index in [0.29, 0.717) is 17.9 Å². The van der Waals surface area contributed by atoms with E-state index in [1.807, 2.05) is 6.92 Å². The zero-order chi connectivity index (χ0) is 18.2. The van der Waals surface area contributed by atoms with E-state index in [1.54, 1.807) is 42.5 Å². The van der Waals surface area contributed by atoms with Gasteiger partial charge in [0, 0.05) is 31.1 Å². The molecular formula is C19H22N2O4. The minimum absolute atomic E-state index is 0.131. The van der Waals surface area contributed by atoms with Crippen molar-refractivity contribution in [2.24, 2.45) is 0 Å². The van der Waals surface area contributed by atoms with Gasteiger partial charge in [0.25, 0.3) is 0 Å². The van der Waals surface area contributed by atoms with Crippen LogP contribution in [0.3, 0.4) is 0 Å². The molecule has 25 heavy (non-hydrogen) atoms. The maximum atomic E-state index is 11.9. The molecule has 132 valence electrons. The average molecular weight is 342 g/mol. The zero-order valence-electron chi connectivity index (χ0n) is 14.2. The summed E-state index contributed by atoms with van der Waals surface area (Å²) in [6.45, 7) is 3.27. The zero-order valence-corrected chi connectivity index (χ0v) is 14.2. The Morgan fingerprint density at radius 3 is 2.56 bits per heavy atom. The van der Waals surface area contributed by atoms with Crippen molar-refractivity contribution in [1.29, 1.82) is 0 Å². The first-order valence-corrected chi connectivity index (χ1v) is 8.01. The van der Waals surface area contributed by atoms with E-state index in [9.17, 15) is 14.7 Å². The number of aliphatic hydroxyl groups excluding tert-OH is 1. The third-order valence-corrected chi connectivity index (χ3v) is 3.50. The average Bonchev–Trinajstić information content (AvgIpc) is 3.08. The maximum absolute atomic E-state index is 11.9. The number of furan rings is 1. The molecule has 0 aliphatic heterocycles. The second-order valence-corrected chi connectivity index (χ2v) is 5.81. The Balaban J connectivity index is 1.82. The van der Waals surface area contributed by atoms with Crippen LogP contribution in [0.15, 0.2) is 53.2 Å². The summed E-state index contributed by atoms with van der Waals surface area (Å²) in [5.74, 6) is 0.106. The molecule has 2 atom stereocenters. The van der Waals surface area contributed by atoms with Gasteiger partial charge in [0.15, 0.2) is 0 Å². The van der Waals surface area contributed by atoms with Gasteiger partial charge in [0.05, 0.1) is 6.26 Å². The molecule has 0 saturated carbocycles. The number of anilines is 1. The molecular weight excluding hydrogens is 320 g/mol. The van der Waals surface area contributed by atoms with Crippen LogP contribution >= 0.6 is 0 Å². The minimum atomic E-state index is -0.754. The second-order valence-electron chi connectivity index (χ2n) is 5.81. The predicted octanol–water partition coefficient (Wildman–Crippen LogP) is 2.88. The van der Waals surface area contributed by atoms with Crippen molar-refractivity contribution in [3.63, 3.8) is 0 Å². The molecule has 0 fully saturated rings. The molecule has 0 saturated heterocycles. The lowest BCUT2D eigenvalue weighted by Gasteiger charge is -2.15. The number of hydrogen-bond donors (Lipinski definition) is 3. The number of nitrogens with one attached hydrogen (secondary N) is 2. The van der Waals surface area contributed by atoms with Crippen molar-refractivity contribution in [2.45, 2.75) is 32.4 Å². The van der Waals surface area contributed by atoms with E-state index in [-0.39, 0.29) is 17.9 Å². The highest BCUT2D eigenvalue weighted by Crippen LogP contribution is 2.18. The Morgan fingerprint density at radius 1 is 1.24 bits per heavy atom. The fourth-order valence-corrected chi connectivity index (χ4v) is 2.33. The smallest absolute Gasteiger partial charge is 0.244 e. The standard InChI is InChI=1S/C19H22N2O4/c1-13(12-17(23)18-4-3-11-25-18)20-19(24)10-7-15-5-8-16(9-6-15)21-14(2)22/h3-11,13,17,23H,12H2,1-2H3,(H,20,24)(H,21,22)/b10-7+. The van der Waals surface area contributed by atoms with Crippen molar-refractivity contribution in [3.8, 4) is 0 Å². The number of benzene rings is 1. The normalized spacial score (nSPS) is 13.4. The molecule has 1 heterocycles. The summed E-state index contributed by atoms with van der Waals surface area (Å²) in [6, 6.07) is 10.3. The summed E-state index contributed by atoms with van der Waals surface area (Å²) in [5, 5.41) is 15.5. The fourth-order valence-electron chi connectivity index (χ4n) is 2.33. The van der Waals surface area contributed by atoms with Gasteiger partial charge in [-0.05, 0) is 42.8 Å². The number of carbonyl (C=O) groups excluding carboxylic acids is 2. The van der Waals surface area contributed by atoms with Crippen LogP contribution in [0.5, 0.6) is 0 Å². The second kappa shape index (κ2) is 8.84. The Bertz CT molecular complexity index is 720. The molecule has 0 aliphatic rings. The first-order chi connectivity index (χ1) is 11.9. The first-order valence-electron chi connectivity index (χ1n) is 8.01. The van der Waals surface area contributed by atoms with Gasteiger partial charge in [0.2, 0.25) is 11.8 Å². The molecule has 1 aromatic carbocycles. The van der Waals surface area contributed by atoms with Crippen molar-refractivity contribution >= 4 is 23.6 Å². The van der Waals surface area contributed by atoms with Crippen LogP contribution in [0.25, 0.3) is 6.08 Å². The lowest BCUT2D eigenvalue weighted by Crippen LogP contribution is -2.32. The third kappa shape index (κ3) is 6.27. The molecule has 6 heteroatoms. The lowest BCUT2D eigenvalue weighted by atomic mass is 10.1. The molecule has 2 unspecified atom stereocenters. The molecule has 0 aliphatic carbocycles. The van der Waals surface area contributed by atoms with Gasteiger partial charge in [-0.25, -0.2) is 0 Å². The summed E-state index contributed by atoms with van der Waals surface area (Å²) in [6.07, 6.45) is 4.22.